The molecule has 0 bridgehead atoms. The van der Waals surface area contributed by atoms with E-state index in [1.165, 1.54) is 30.6 Å². The fraction of sp³-hybridized carbons (Fsp3) is 0.225. The molecule has 0 spiro atoms. The van der Waals surface area contributed by atoms with Crippen LogP contribution in [0.4, 0.5) is 11.6 Å². The summed E-state index contributed by atoms with van der Waals surface area (Å²) in [5.41, 5.74) is 20.7. The number of aliphatic hydroxyl groups is 1. The minimum absolute atomic E-state index is 0.0559. The lowest BCUT2D eigenvalue weighted by Gasteiger charge is -2.32. The number of nitriles is 1. The fourth-order valence-corrected chi connectivity index (χ4v) is 19.5. The average Bonchev–Trinajstić information content (AvgIpc) is 1.45. The number of aromatic amines is 5. The molecule has 21 rings (SSSR count). The molecule has 1 unspecified atom stereocenters. The van der Waals surface area contributed by atoms with Gasteiger partial charge in [-0.1, -0.05) is 135 Å². The van der Waals surface area contributed by atoms with Crippen LogP contribution >= 0.6 is 93.1 Å². The third-order valence-electron chi connectivity index (χ3n) is 23.3. The first kappa shape index (κ1) is 99.9. The summed E-state index contributed by atoms with van der Waals surface area (Å²) in [5, 5.41) is 27.6. The van der Waals surface area contributed by atoms with Crippen LogP contribution in [0.1, 0.15) is 110 Å². The fourth-order valence-electron chi connectivity index (χ4n) is 16.0. The highest BCUT2D eigenvalue weighted by Gasteiger charge is 2.31. The first-order valence-corrected chi connectivity index (χ1v) is 49.3. The number of aryl methyl sites for hydroxylation is 5. The van der Waals surface area contributed by atoms with Crippen LogP contribution in [0.5, 0.6) is 52.7 Å². The molecular weight excluding hydrogens is 1980 g/mol. The summed E-state index contributed by atoms with van der Waals surface area (Å²) in [4.78, 5) is 103. The summed E-state index contributed by atoms with van der Waals surface area (Å²) in [6.07, 6.45) is 34.9. The molecule has 2 aliphatic rings. The van der Waals surface area contributed by atoms with Crippen LogP contribution in [-0.2, 0) is 38.5 Å². The van der Waals surface area contributed by atoms with Crippen molar-refractivity contribution in [3.63, 3.8) is 0 Å². The molecule has 4 aromatic carbocycles. The minimum Gasteiger partial charge on any atom is -0.495 e. The van der Waals surface area contributed by atoms with E-state index in [4.69, 9.17) is 132 Å². The van der Waals surface area contributed by atoms with Gasteiger partial charge in [0.15, 0.2) is 21.6 Å². The number of anilines is 2. The van der Waals surface area contributed by atoms with Gasteiger partial charge >= 0.3 is 18.0 Å². The number of hydrogen-bond donors (Lipinski definition) is 7. The van der Waals surface area contributed by atoms with E-state index in [0.29, 0.717) is 144 Å². The Bertz CT molecular complexity index is 8160. The number of hydrogen-bond acceptors (Lipinski definition) is 30. The third kappa shape index (κ3) is 22.3. The number of aliphatic hydroxyl groups excluding tert-OH is 1. The zero-order chi connectivity index (χ0) is 100. The normalized spacial score (nSPS) is 13.0. The molecule has 0 aliphatic carbocycles. The van der Waals surface area contributed by atoms with Crippen LogP contribution in [0, 0.1) is 47.9 Å². The summed E-state index contributed by atoms with van der Waals surface area (Å²) in [6, 6.07) is 28.9. The number of fused-ring (bicyclic) bond motifs is 8. The van der Waals surface area contributed by atoms with Gasteiger partial charge in [0.2, 0.25) is 5.88 Å². The Morgan fingerprint density at radius 3 is 1.49 bits per heavy atom. The minimum atomic E-state index is 0.0559. The third-order valence-corrected chi connectivity index (χ3v) is 27.4. The topological polar surface area (TPSA) is 434 Å². The molecule has 41 heteroatoms. The first-order valence-electron chi connectivity index (χ1n) is 45.4. The van der Waals surface area contributed by atoms with Gasteiger partial charge in [0.25, 0.3) is 0 Å². The second-order valence-corrected chi connectivity index (χ2v) is 36.7. The Balaban J connectivity index is 0.000000124. The highest BCUT2D eigenvalue weighted by molar-refractivity contribution is 7.99. The van der Waals surface area contributed by atoms with E-state index in [9.17, 15) is 10.4 Å². The molecular formula is C102H89Cl6N27O6S2. The molecule has 19 aromatic rings. The molecule has 15 aromatic heterocycles. The monoisotopic (exact) mass is 2060 g/mol. The summed E-state index contributed by atoms with van der Waals surface area (Å²) in [6.45, 7) is 22.0. The Kier molecular flexibility index (Phi) is 31.8. The number of H-pyrrole nitrogens is 5. The predicted octanol–water partition coefficient (Wildman–Crippen LogP) is 22.8. The number of terminal acetylenes is 2. The van der Waals surface area contributed by atoms with Gasteiger partial charge in [-0.15, -0.1) is 19.4 Å². The van der Waals surface area contributed by atoms with Gasteiger partial charge in [-0.25, -0.2) is 39.9 Å². The largest absolute Gasteiger partial charge is 0.495 e. The maximum absolute atomic E-state index is 9.56. The molecule has 8 N–H and O–H groups in total. The van der Waals surface area contributed by atoms with Crippen molar-refractivity contribution in [2.24, 2.45) is 17.6 Å². The summed E-state index contributed by atoms with van der Waals surface area (Å²) >= 11 is 41.7. The van der Waals surface area contributed by atoms with E-state index in [1.54, 1.807) is 128 Å². The molecule has 2 fully saturated rings. The van der Waals surface area contributed by atoms with Gasteiger partial charge in [0.05, 0.1) is 86.8 Å². The van der Waals surface area contributed by atoms with Crippen molar-refractivity contribution in [3.8, 4) is 83.4 Å². The van der Waals surface area contributed by atoms with E-state index in [-0.39, 0.29) is 36.4 Å². The Morgan fingerprint density at radius 1 is 0.483 bits per heavy atom. The van der Waals surface area contributed by atoms with Crippen LogP contribution < -0.4 is 39.2 Å². The van der Waals surface area contributed by atoms with E-state index >= 15 is 0 Å². The summed E-state index contributed by atoms with van der Waals surface area (Å²) in [5.74, 6) is 10.2. The molecule has 143 heavy (non-hydrogen) atoms. The summed E-state index contributed by atoms with van der Waals surface area (Å²) < 4.78 is 28.7. The van der Waals surface area contributed by atoms with Crippen LogP contribution in [0.25, 0.3) is 94.6 Å². The number of nitrogens with two attached hydrogens (primary N) is 1. The highest BCUT2D eigenvalue weighted by atomic mass is 35.5. The van der Waals surface area contributed by atoms with E-state index in [0.717, 1.165) is 188 Å². The zero-order valence-electron chi connectivity index (χ0n) is 77.8. The predicted molar refractivity (Wildman–Crippen MR) is 561 cm³/mol. The molecule has 2 aliphatic heterocycles. The van der Waals surface area contributed by atoms with Gasteiger partial charge in [0.1, 0.15) is 91.1 Å². The Labute approximate surface area is 857 Å². The molecule has 1 atom stereocenters. The first-order chi connectivity index (χ1) is 69.6. The molecule has 0 saturated carbocycles. The number of benzene rings is 4. The molecule has 722 valence electrons. The number of piperidine rings is 1. The number of halogens is 6. The second kappa shape index (κ2) is 45.5. The van der Waals surface area contributed by atoms with Crippen molar-refractivity contribution in [3.05, 3.63) is 246 Å². The number of aromatic nitrogens is 23. The van der Waals surface area contributed by atoms with Crippen LogP contribution in [0.2, 0.25) is 30.1 Å². The second-order valence-electron chi connectivity index (χ2n) is 32.3. The van der Waals surface area contributed by atoms with Crippen molar-refractivity contribution in [2.75, 3.05) is 56.2 Å². The molecule has 2 saturated heterocycles. The quantitative estimate of drug-likeness (QED) is 0.0159. The van der Waals surface area contributed by atoms with Crippen molar-refractivity contribution in [2.45, 2.75) is 113 Å². The van der Waals surface area contributed by atoms with Crippen molar-refractivity contribution >= 4 is 199 Å². The van der Waals surface area contributed by atoms with Gasteiger partial charge in [-0.3, -0.25) is 19.9 Å². The lowest BCUT2D eigenvalue weighted by molar-refractivity contribution is 0.238. The summed E-state index contributed by atoms with van der Waals surface area (Å²) in [7, 11) is 1.50. The van der Waals surface area contributed by atoms with Gasteiger partial charge in [0, 0.05) is 156 Å². The highest BCUT2D eigenvalue weighted by Crippen LogP contribution is 2.44. The number of pyridine rings is 2. The zero-order valence-corrected chi connectivity index (χ0v) is 84.0. The SMILES string of the molecule is C#Cc1cc(Oc2nc(CC=C)c3c(Cl)c(CC)[nH]c3n2)ccc1Cl.C#Cc1cccc(Oc2nc(C=C)c3c(Cl)c(CC)[nH]c3n2)c1.CCc1[nH]c2nc(Oc3ccc4nccnc4c3)nc(Oc3ccc(OC)c(C#N)c3)c2c1Cl.CCc1[nH]c2nc(Sc3cnc4nccnc4c3)nc(N3CCC(CN)CC3)c2c1Cl.CCc1[nH]c2nc(Sc3cnc4nccnc4c3)nc(N3CCC(CO)C3)c2c1Cl. The van der Waals surface area contributed by atoms with E-state index in [1.807, 2.05) is 45.0 Å². The van der Waals surface area contributed by atoms with E-state index < -0.39 is 0 Å². The molecule has 33 nitrogen and oxygen atoms in total. The van der Waals surface area contributed by atoms with Gasteiger partial charge < -0.3 is 69.2 Å². The van der Waals surface area contributed by atoms with Gasteiger partial charge in [-0.2, -0.15) is 35.2 Å². The maximum Gasteiger partial charge on any atom is 0.327 e. The van der Waals surface area contributed by atoms with Crippen LogP contribution in [-0.4, -0.2) is 166 Å². The molecule has 0 radical (unpaired) electrons. The van der Waals surface area contributed by atoms with E-state index in [2.05, 4.69) is 149 Å². The number of ether oxygens (including phenoxy) is 5. The van der Waals surface area contributed by atoms with Crippen LogP contribution in [0.3, 0.4) is 0 Å². The number of methoxy groups -OCH3 is 1. The Morgan fingerprint density at radius 2 is 0.951 bits per heavy atom. The number of nitrogens with one attached hydrogen (secondary N) is 5. The Hall–Kier alpha value is -14.7. The molecule has 17 heterocycles. The van der Waals surface area contributed by atoms with Crippen LogP contribution in [0.15, 0.2) is 180 Å². The lowest BCUT2D eigenvalue weighted by Crippen LogP contribution is -2.36. The number of rotatable bonds is 25. The molecule has 0 amide bonds. The van der Waals surface area contributed by atoms with Crippen molar-refractivity contribution in [1.82, 2.24) is 115 Å². The number of allylic oxidation sites excluding steroid dienone is 1. The van der Waals surface area contributed by atoms with Crippen molar-refractivity contribution < 1.29 is 28.8 Å². The van der Waals surface area contributed by atoms with Gasteiger partial charge in [-0.05, 0) is 166 Å². The average molecular weight is 2070 g/mol. The lowest BCUT2D eigenvalue weighted by atomic mass is 9.97. The van der Waals surface area contributed by atoms with Crippen molar-refractivity contribution in [1.29, 1.82) is 5.26 Å². The smallest absolute Gasteiger partial charge is 0.327 e. The number of nitrogens with zero attached hydrogens (tertiary/aromatic N) is 21. The maximum atomic E-state index is 9.56. The standard InChI is InChI=1S/C24H17ClN6O3.C21H23ClN8S.C20H20ClN7OS.C19H15Cl2N3O.C18H14ClN3O/c1-3-16-21(25)20-22(29-16)30-24(34-15-4-6-17-18(11-15)28-9-8-27-17)31-23(20)33-14-5-7-19(32-2)13(10-14)12-26;1-2-14-17(22)16-19(27-14)28-21(29-20(16)30-7-3-12(10-23)4-8-30)31-13-9-15-18(26-11-13)25-6-5-24-15;1-2-13-16(21)15-18(25-13)26-20(27-19(15)28-6-3-11(9-28)10-29)30-12-7-14-17(24-8-12)23-5-4-22-14;1-4-7-15-16-17(21)14(6-3)22-18(16)24-19(23-15)25-12-8-9-13(20)11(5-2)10-12;1-4-11-8-7-9-12(10-11)23-18-21-13(5-2)15-16(19)14(6-3)20-17(15)22-18/h4-11H,3H2,1-2H3,(H,29,30,31);5-6,9,11-12H,2-4,7-8,10,23H2,1H3,(H,27,28,29);4-5,7-8,11,29H,2-3,6,9-10H2,1H3,(H,25,26,27);2,4,8-10H,1,6-7H2,3H3,(H,22,23,24);1,5,7-10H,2,6H2,3H3,(H,20,21,22).